The van der Waals surface area contributed by atoms with Crippen LogP contribution in [0.4, 0.5) is 5.69 Å². The fourth-order valence-corrected chi connectivity index (χ4v) is 4.31. The molecule has 2 amide bonds. The Balaban J connectivity index is 1.98. The first kappa shape index (κ1) is 20.9. The molecule has 0 radical (unpaired) electrons. The molecule has 1 aliphatic heterocycles. The Morgan fingerprint density at radius 2 is 1.69 bits per heavy atom. The quantitative estimate of drug-likeness (QED) is 0.549. The molecule has 5 heteroatoms. The summed E-state index contributed by atoms with van der Waals surface area (Å²) in [5.74, 6) is -0.706. The average molecular weight is 392 g/mol. The van der Waals surface area contributed by atoms with Gasteiger partial charge in [0.2, 0.25) is 0 Å². The summed E-state index contributed by atoms with van der Waals surface area (Å²) in [4.78, 5) is 29.7. The van der Waals surface area contributed by atoms with Crippen LogP contribution >= 0.6 is 0 Å². The number of hydrogen-bond donors (Lipinski definition) is 0. The minimum Gasteiger partial charge on any atom is -0.372 e. The molecular formula is C24H29N3O2. The fraction of sp³-hybridized carbons (Fsp3) is 0.458. The molecule has 1 aromatic carbocycles. The molecule has 152 valence electrons. The highest BCUT2D eigenvalue weighted by Gasteiger charge is 2.39. The minimum atomic E-state index is -0.434. The van der Waals surface area contributed by atoms with Gasteiger partial charge in [-0.25, -0.2) is 0 Å². The second-order valence-electron chi connectivity index (χ2n) is 7.71. The van der Waals surface area contributed by atoms with Crippen LogP contribution in [-0.2, 0) is 9.59 Å². The highest BCUT2D eigenvalue weighted by molar-refractivity contribution is 6.19. The van der Waals surface area contributed by atoms with Crippen molar-refractivity contribution in [1.29, 1.82) is 5.26 Å². The van der Waals surface area contributed by atoms with Crippen molar-refractivity contribution in [2.75, 3.05) is 18.0 Å². The fourth-order valence-electron chi connectivity index (χ4n) is 4.31. The van der Waals surface area contributed by atoms with Gasteiger partial charge in [-0.1, -0.05) is 31.4 Å². The van der Waals surface area contributed by atoms with Crippen molar-refractivity contribution in [2.45, 2.75) is 58.9 Å². The van der Waals surface area contributed by atoms with Crippen LogP contribution in [0.5, 0.6) is 0 Å². The van der Waals surface area contributed by atoms with Gasteiger partial charge in [0.05, 0.1) is 0 Å². The van der Waals surface area contributed by atoms with Gasteiger partial charge in [-0.05, 0) is 63.0 Å². The molecule has 0 saturated heterocycles. The summed E-state index contributed by atoms with van der Waals surface area (Å²) in [6, 6.07) is 9.98. The number of benzene rings is 1. The van der Waals surface area contributed by atoms with E-state index in [0.29, 0.717) is 11.1 Å². The molecule has 0 atom stereocenters. The second kappa shape index (κ2) is 9.09. The lowest BCUT2D eigenvalue weighted by Crippen LogP contribution is -2.49. The summed E-state index contributed by atoms with van der Waals surface area (Å²) in [7, 11) is 0. The highest BCUT2D eigenvalue weighted by Crippen LogP contribution is 2.32. The van der Waals surface area contributed by atoms with E-state index in [-0.39, 0.29) is 17.5 Å². The molecule has 1 fully saturated rings. The van der Waals surface area contributed by atoms with Crippen LogP contribution in [0.15, 0.2) is 41.0 Å². The van der Waals surface area contributed by atoms with E-state index < -0.39 is 5.91 Å². The standard InChI is InChI=1S/C24H29N3O2/c1-4-26(5-2)19-13-11-18(12-14-19)15-21-17(3)22(16-25)24(29)27(23(21)28)20-9-7-6-8-10-20/h11-15,20H,4-10H2,1-3H3/b21-15+. The van der Waals surface area contributed by atoms with Crippen molar-refractivity contribution in [1.82, 2.24) is 4.90 Å². The zero-order valence-corrected chi connectivity index (χ0v) is 17.6. The summed E-state index contributed by atoms with van der Waals surface area (Å²) in [5, 5.41) is 9.57. The van der Waals surface area contributed by atoms with Gasteiger partial charge in [0.15, 0.2) is 0 Å². The van der Waals surface area contributed by atoms with Gasteiger partial charge >= 0.3 is 0 Å². The number of imide groups is 1. The van der Waals surface area contributed by atoms with Crippen molar-refractivity contribution >= 4 is 23.6 Å². The van der Waals surface area contributed by atoms with Gasteiger partial charge in [0.1, 0.15) is 11.6 Å². The van der Waals surface area contributed by atoms with Gasteiger partial charge in [0, 0.05) is 30.4 Å². The number of nitriles is 1. The Morgan fingerprint density at radius 1 is 1.07 bits per heavy atom. The molecule has 1 aromatic rings. The first-order valence-corrected chi connectivity index (χ1v) is 10.6. The zero-order valence-electron chi connectivity index (χ0n) is 17.6. The van der Waals surface area contributed by atoms with Crippen molar-refractivity contribution in [3.05, 3.63) is 46.5 Å². The lowest BCUT2D eigenvalue weighted by atomic mass is 9.88. The molecule has 0 spiro atoms. The molecule has 2 aliphatic rings. The molecule has 5 nitrogen and oxygen atoms in total. The maximum absolute atomic E-state index is 13.3. The van der Waals surface area contributed by atoms with E-state index in [9.17, 15) is 14.9 Å². The van der Waals surface area contributed by atoms with E-state index in [1.807, 2.05) is 36.4 Å². The second-order valence-corrected chi connectivity index (χ2v) is 7.71. The number of rotatable bonds is 5. The lowest BCUT2D eigenvalue weighted by Gasteiger charge is -2.36. The van der Waals surface area contributed by atoms with Crippen molar-refractivity contribution < 1.29 is 9.59 Å². The third-order valence-electron chi connectivity index (χ3n) is 6.05. The van der Waals surface area contributed by atoms with E-state index in [2.05, 4.69) is 18.7 Å². The number of anilines is 1. The van der Waals surface area contributed by atoms with Crippen LogP contribution in [0.1, 0.15) is 58.4 Å². The van der Waals surface area contributed by atoms with Crippen LogP contribution in [0.3, 0.4) is 0 Å². The summed E-state index contributed by atoms with van der Waals surface area (Å²) < 4.78 is 0. The van der Waals surface area contributed by atoms with Crippen LogP contribution in [0, 0.1) is 11.3 Å². The molecule has 0 bridgehead atoms. The number of carbonyl (C=O) groups is 2. The summed E-state index contributed by atoms with van der Waals surface area (Å²) >= 11 is 0. The molecule has 0 aromatic heterocycles. The topological polar surface area (TPSA) is 64.4 Å². The Bertz CT molecular complexity index is 880. The maximum atomic E-state index is 13.3. The van der Waals surface area contributed by atoms with Gasteiger partial charge < -0.3 is 4.90 Å². The predicted octanol–water partition coefficient (Wildman–Crippen LogP) is 4.46. The van der Waals surface area contributed by atoms with E-state index >= 15 is 0 Å². The van der Waals surface area contributed by atoms with Crippen LogP contribution < -0.4 is 4.90 Å². The van der Waals surface area contributed by atoms with Crippen molar-refractivity contribution in [3.63, 3.8) is 0 Å². The molecule has 1 heterocycles. The summed E-state index contributed by atoms with van der Waals surface area (Å²) in [5.41, 5.74) is 3.03. The van der Waals surface area contributed by atoms with E-state index in [1.54, 1.807) is 6.92 Å². The third-order valence-corrected chi connectivity index (χ3v) is 6.05. The zero-order chi connectivity index (χ0) is 21.0. The Hall–Kier alpha value is -2.87. The molecule has 29 heavy (non-hydrogen) atoms. The number of carbonyl (C=O) groups excluding carboxylic acids is 2. The van der Waals surface area contributed by atoms with Gasteiger partial charge in [-0.3, -0.25) is 14.5 Å². The molecule has 3 rings (SSSR count). The summed E-state index contributed by atoms with van der Waals surface area (Å²) in [6.07, 6.45) is 6.61. The van der Waals surface area contributed by atoms with E-state index in [0.717, 1.165) is 56.4 Å². The SMILES string of the molecule is CCN(CC)c1ccc(/C=C2/C(=O)N(C3CCCCC3)C(=O)C(C#N)=C2C)cc1. The molecular weight excluding hydrogens is 362 g/mol. The molecule has 1 saturated carbocycles. The van der Waals surface area contributed by atoms with Crippen LogP contribution in [0.2, 0.25) is 0 Å². The lowest BCUT2D eigenvalue weighted by molar-refractivity contribution is -0.143. The Kier molecular flexibility index (Phi) is 6.53. The van der Waals surface area contributed by atoms with Crippen LogP contribution in [0.25, 0.3) is 6.08 Å². The van der Waals surface area contributed by atoms with Gasteiger partial charge in [-0.15, -0.1) is 0 Å². The van der Waals surface area contributed by atoms with Crippen molar-refractivity contribution in [3.8, 4) is 6.07 Å². The number of hydrogen-bond acceptors (Lipinski definition) is 4. The molecule has 0 unspecified atom stereocenters. The number of amides is 2. The monoisotopic (exact) mass is 391 g/mol. The normalized spacial score (nSPS) is 19.7. The first-order valence-electron chi connectivity index (χ1n) is 10.6. The highest BCUT2D eigenvalue weighted by atomic mass is 16.2. The predicted molar refractivity (Wildman–Crippen MR) is 115 cm³/mol. The Morgan fingerprint density at radius 3 is 2.24 bits per heavy atom. The Labute approximate surface area is 173 Å². The summed E-state index contributed by atoms with van der Waals surface area (Å²) in [6.45, 7) is 7.80. The maximum Gasteiger partial charge on any atom is 0.271 e. The minimum absolute atomic E-state index is 0.0844. The molecule has 1 aliphatic carbocycles. The number of nitrogens with zero attached hydrogens (tertiary/aromatic N) is 3. The first-order chi connectivity index (χ1) is 14.0. The smallest absolute Gasteiger partial charge is 0.271 e. The average Bonchev–Trinajstić information content (AvgIpc) is 2.74. The van der Waals surface area contributed by atoms with Gasteiger partial charge in [0.25, 0.3) is 11.8 Å². The van der Waals surface area contributed by atoms with E-state index in [1.165, 1.54) is 4.90 Å². The largest absolute Gasteiger partial charge is 0.372 e. The third kappa shape index (κ3) is 4.12. The molecule has 0 N–H and O–H groups in total. The van der Waals surface area contributed by atoms with E-state index in [4.69, 9.17) is 0 Å². The van der Waals surface area contributed by atoms with Gasteiger partial charge in [-0.2, -0.15) is 5.26 Å². The van der Waals surface area contributed by atoms with Crippen LogP contribution in [-0.4, -0.2) is 35.8 Å². The van der Waals surface area contributed by atoms with Crippen molar-refractivity contribution in [2.24, 2.45) is 0 Å².